The number of aliphatic hydroxyl groups is 1. The third-order valence-corrected chi connectivity index (χ3v) is 10.2. The van der Waals surface area contributed by atoms with Crippen molar-refractivity contribution in [3.05, 3.63) is 64.7 Å². The van der Waals surface area contributed by atoms with Crippen molar-refractivity contribution in [2.75, 3.05) is 16.3 Å². The number of anilines is 2. The van der Waals surface area contributed by atoms with E-state index in [-0.39, 0.29) is 39.4 Å². The van der Waals surface area contributed by atoms with Crippen molar-refractivity contribution in [1.82, 2.24) is 4.90 Å². The average Bonchev–Trinajstić information content (AvgIpc) is 2.89. The number of hydrogen-bond acceptors (Lipinski definition) is 7. The molecule has 0 unspecified atom stereocenters. The number of carbonyl (C=O) groups is 1. The van der Waals surface area contributed by atoms with E-state index in [1.54, 1.807) is 0 Å². The smallest absolute Gasteiger partial charge is 0.286 e. The van der Waals surface area contributed by atoms with Crippen molar-refractivity contribution in [2.45, 2.75) is 43.2 Å². The number of benzene rings is 2. The lowest BCUT2D eigenvalue weighted by atomic mass is 9.59. The molecule has 2 aromatic rings. The molecule has 2 aromatic carbocycles. The van der Waals surface area contributed by atoms with Crippen LogP contribution < -0.4 is 10.0 Å². The molecule has 5 aliphatic rings. The summed E-state index contributed by atoms with van der Waals surface area (Å²) >= 11 is 0. The number of sulfonamides is 2. The van der Waals surface area contributed by atoms with E-state index in [1.165, 1.54) is 17.0 Å². The van der Waals surface area contributed by atoms with Crippen LogP contribution in [-0.2, 0) is 31.4 Å². The zero-order chi connectivity index (χ0) is 29.4. The Hall–Kier alpha value is -3.59. The summed E-state index contributed by atoms with van der Waals surface area (Å²) in [5.41, 5.74) is -0.700. The molecule has 10 nitrogen and oxygen atoms in total. The van der Waals surface area contributed by atoms with Gasteiger partial charge in [-0.2, -0.15) is 8.42 Å². The molecule has 2 aliphatic heterocycles. The van der Waals surface area contributed by atoms with Crippen molar-refractivity contribution in [2.24, 2.45) is 22.2 Å². The molecule has 3 aliphatic carbocycles. The fourth-order valence-corrected chi connectivity index (χ4v) is 8.32. The second kappa shape index (κ2) is 9.48. The van der Waals surface area contributed by atoms with Crippen LogP contribution in [0.3, 0.4) is 0 Å². The minimum atomic E-state index is -4.48. The highest BCUT2D eigenvalue weighted by Gasteiger charge is 2.54. The van der Waals surface area contributed by atoms with Gasteiger partial charge in [-0.15, -0.1) is 4.40 Å². The van der Waals surface area contributed by atoms with Crippen LogP contribution in [0.25, 0.3) is 0 Å². The maximum atomic E-state index is 14.7. The molecule has 41 heavy (non-hydrogen) atoms. The molecule has 0 radical (unpaired) electrons. The predicted molar refractivity (Wildman–Crippen MR) is 142 cm³/mol. The van der Waals surface area contributed by atoms with Crippen LogP contribution in [-0.4, -0.2) is 50.9 Å². The summed E-state index contributed by atoms with van der Waals surface area (Å²) in [6.07, 6.45) is 3.97. The highest BCUT2D eigenvalue weighted by atomic mass is 32.2. The van der Waals surface area contributed by atoms with Crippen LogP contribution in [0.4, 0.5) is 24.5 Å². The lowest BCUT2D eigenvalue weighted by Gasteiger charge is -2.54. The number of amidine groups is 1. The van der Waals surface area contributed by atoms with Gasteiger partial charge in [0.05, 0.1) is 11.9 Å². The summed E-state index contributed by atoms with van der Waals surface area (Å²) in [6.45, 7) is -0.430. The van der Waals surface area contributed by atoms with E-state index in [0.717, 1.165) is 38.0 Å². The van der Waals surface area contributed by atoms with Crippen molar-refractivity contribution in [3.63, 3.8) is 0 Å². The Kier molecular flexibility index (Phi) is 6.37. The molecule has 0 spiro atoms. The van der Waals surface area contributed by atoms with E-state index < -0.39 is 73.3 Å². The van der Waals surface area contributed by atoms with Crippen LogP contribution in [0.5, 0.6) is 0 Å². The van der Waals surface area contributed by atoms with Gasteiger partial charge < -0.3 is 15.3 Å². The zero-order valence-corrected chi connectivity index (χ0v) is 23.2. The fraction of sp³-hybridized carbons (Fsp3) is 0.385. The molecule has 2 heterocycles. The van der Waals surface area contributed by atoms with Gasteiger partial charge >= 0.3 is 0 Å². The summed E-state index contributed by atoms with van der Waals surface area (Å²) < 4.78 is 97.9. The number of rotatable bonds is 5. The Morgan fingerprint density at radius 3 is 2.39 bits per heavy atom. The first kappa shape index (κ1) is 27.6. The van der Waals surface area contributed by atoms with Gasteiger partial charge in [0.25, 0.3) is 15.9 Å². The van der Waals surface area contributed by atoms with E-state index in [9.17, 15) is 39.9 Å². The summed E-state index contributed by atoms with van der Waals surface area (Å²) in [6, 6.07) is 4.22. The Bertz CT molecular complexity index is 1770. The van der Waals surface area contributed by atoms with E-state index in [0.29, 0.717) is 12.1 Å². The van der Waals surface area contributed by atoms with Crippen molar-refractivity contribution >= 4 is 43.2 Å². The number of nitrogens with zero attached hydrogens (tertiary/aromatic N) is 2. The second-order valence-electron chi connectivity index (χ2n) is 10.9. The minimum Gasteiger partial charge on any atom is -0.511 e. The van der Waals surface area contributed by atoms with Gasteiger partial charge in [-0.05, 0) is 61.8 Å². The molecule has 2 atom stereocenters. The topological polar surface area (TPSA) is 145 Å². The van der Waals surface area contributed by atoms with Gasteiger partial charge in [0.2, 0.25) is 10.0 Å². The summed E-state index contributed by atoms with van der Waals surface area (Å²) in [4.78, 5) is 14.9. The molecule has 1 amide bonds. The van der Waals surface area contributed by atoms with Crippen LogP contribution in [0.1, 0.15) is 31.2 Å². The predicted octanol–water partition coefficient (Wildman–Crippen LogP) is 3.65. The van der Waals surface area contributed by atoms with Gasteiger partial charge in [0.15, 0.2) is 17.5 Å². The van der Waals surface area contributed by atoms with Gasteiger partial charge in [-0.1, -0.05) is 0 Å². The van der Waals surface area contributed by atoms with E-state index >= 15 is 0 Å². The number of amides is 1. The number of halogens is 3. The molecule has 3 fully saturated rings. The summed E-state index contributed by atoms with van der Waals surface area (Å²) in [5.74, 6) is -5.95. The summed E-state index contributed by atoms with van der Waals surface area (Å²) in [5, 5.41) is 14.2. The average molecular weight is 611 g/mol. The number of aliphatic hydroxyl groups excluding tert-OH is 1. The van der Waals surface area contributed by atoms with Gasteiger partial charge in [0, 0.05) is 35.8 Å². The van der Waals surface area contributed by atoms with Crippen LogP contribution in [0.15, 0.2) is 51.0 Å². The first-order valence-corrected chi connectivity index (χ1v) is 16.2. The van der Waals surface area contributed by atoms with E-state index in [2.05, 4.69) is 14.4 Å². The van der Waals surface area contributed by atoms with Gasteiger partial charge in [-0.3, -0.25) is 9.52 Å². The molecule has 3 saturated carbocycles. The lowest BCUT2D eigenvalue weighted by molar-refractivity contribution is -0.140. The normalized spacial score (nSPS) is 26.7. The number of hydrogen-bond donors (Lipinski definition) is 3. The molecule has 2 bridgehead atoms. The van der Waals surface area contributed by atoms with Crippen molar-refractivity contribution in [3.8, 4) is 0 Å². The first-order chi connectivity index (χ1) is 19.2. The third kappa shape index (κ3) is 4.74. The number of nitrogens with one attached hydrogen (secondary N) is 2. The highest BCUT2D eigenvalue weighted by Crippen LogP contribution is 2.52. The Morgan fingerprint density at radius 2 is 1.71 bits per heavy atom. The Labute approximate surface area is 234 Å². The number of carbonyl (C=O) groups excluding carboxylic acids is 1. The largest absolute Gasteiger partial charge is 0.511 e. The highest BCUT2D eigenvalue weighted by molar-refractivity contribution is 7.92. The quantitative estimate of drug-likeness (QED) is 0.439. The van der Waals surface area contributed by atoms with E-state index in [4.69, 9.17) is 0 Å². The SMILES string of the molecule is CS(=O)(=O)Nc1ccc2c(c1)S(=O)(=O)N=C(C1=C(O)[C@@H]3C4CCC(CC4)[C@@H]3N(Cc3cc(F)c(F)cc3F)C1=O)N2. The van der Waals surface area contributed by atoms with Crippen LogP contribution in [0, 0.1) is 35.2 Å². The van der Waals surface area contributed by atoms with E-state index in [1.807, 2.05) is 0 Å². The van der Waals surface area contributed by atoms with Crippen molar-refractivity contribution in [1.29, 1.82) is 0 Å². The van der Waals surface area contributed by atoms with Crippen molar-refractivity contribution < 1.29 is 39.9 Å². The number of fused-ring (bicyclic) bond motifs is 3. The Morgan fingerprint density at radius 1 is 1.05 bits per heavy atom. The standard InChI is InChI=1S/C26H25F3N4O6S2/c1-40(36,37)31-15-6-7-19-20(9-15)41(38,39)32-25(30-19)22-24(34)21-12-2-4-13(5-3-12)23(21)33(26(22)35)11-14-8-17(28)18(29)10-16(14)27/h6-10,12-13,21,23,31,34H,2-5,11H2,1H3,(H,30,32)/t12?,13?,21-,23+/m1/s1. The van der Waals surface area contributed by atoms with Crippen LogP contribution in [0.2, 0.25) is 0 Å². The third-order valence-electron chi connectivity index (χ3n) is 8.28. The molecule has 15 heteroatoms. The molecular weight excluding hydrogens is 585 g/mol. The molecular formula is C26H25F3N4O6S2. The molecule has 218 valence electrons. The second-order valence-corrected chi connectivity index (χ2v) is 14.2. The maximum Gasteiger partial charge on any atom is 0.286 e. The molecule has 0 aromatic heterocycles. The summed E-state index contributed by atoms with van der Waals surface area (Å²) in [7, 11) is -8.18. The lowest BCUT2D eigenvalue weighted by Crippen LogP contribution is -2.60. The first-order valence-electron chi connectivity index (χ1n) is 12.9. The zero-order valence-electron chi connectivity index (χ0n) is 21.6. The monoisotopic (exact) mass is 610 g/mol. The molecule has 7 rings (SSSR count). The van der Waals surface area contributed by atoms with Gasteiger partial charge in [-0.25, -0.2) is 21.6 Å². The molecule has 0 saturated heterocycles. The van der Waals surface area contributed by atoms with Gasteiger partial charge in [0.1, 0.15) is 22.0 Å². The Balaban J connectivity index is 1.43. The maximum absolute atomic E-state index is 14.7. The molecule has 3 N–H and O–H groups in total. The minimum absolute atomic E-state index is 0.00682. The van der Waals surface area contributed by atoms with Crippen LogP contribution >= 0.6 is 0 Å². The fourth-order valence-electron chi connectivity index (χ4n) is 6.62.